The topological polar surface area (TPSA) is 29.3 Å². The van der Waals surface area contributed by atoms with Gasteiger partial charge in [-0.1, -0.05) is 37.3 Å². The number of nitrogens with two attached hydrogens (primary N) is 1. The summed E-state index contributed by atoms with van der Waals surface area (Å²) in [5.41, 5.74) is 9.03. The van der Waals surface area contributed by atoms with Gasteiger partial charge in [-0.25, -0.2) is 0 Å². The van der Waals surface area contributed by atoms with E-state index in [1.165, 1.54) is 16.0 Å². The molecule has 2 aromatic rings. The molecule has 2 unspecified atom stereocenters. The van der Waals surface area contributed by atoms with Crippen molar-refractivity contribution in [2.24, 2.45) is 5.73 Å². The van der Waals surface area contributed by atoms with Crippen molar-refractivity contribution in [3.63, 3.8) is 0 Å². The minimum atomic E-state index is 0.193. The van der Waals surface area contributed by atoms with Gasteiger partial charge in [-0.3, -0.25) is 4.90 Å². The van der Waals surface area contributed by atoms with Crippen LogP contribution < -0.4 is 5.73 Å². The molecule has 0 saturated carbocycles. The predicted octanol–water partition coefficient (Wildman–Crippen LogP) is 3.71. The molecule has 1 heterocycles. The summed E-state index contributed by atoms with van der Waals surface area (Å²) in [4.78, 5) is 3.97. The van der Waals surface area contributed by atoms with Crippen molar-refractivity contribution >= 4 is 11.3 Å². The van der Waals surface area contributed by atoms with Gasteiger partial charge in [0.2, 0.25) is 0 Å². The van der Waals surface area contributed by atoms with Crippen LogP contribution in [0.5, 0.6) is 0 Å². The maximum Gasteiger partial charge on any atom is 0.0373 e. The monoisotopic (exact) mass is 272 g/mol. The summed E-state index contributed by atoms with van der Waals surface area (Å²) in [6.45, 7) is 4.32. The first kappa shape index (κ1) is 12.9. The molecule has 100 valence electrons. The van der Waals surface area contributed by atoms with Gasteiger partial charge in [0.1, 0.15) is 0 Å². The van der Waals surface area contributed by atoms with E-state index in [9.17, 15) is 0 Å². The molecule has 1 aromatic heterocycles. The Morgan fingerprint density at radius 3 is 2.68 bits per heavy atom. The Labute approximate surface area is 118 Å². The maximum atomic E-state index is 6.28. The predicted molar refractivity (Wildman–Crippen MR) is 81.1 cm³/mol. The molecule has 2 nitrogen and oxygen atoms in total. The molecule has 0 radical (unpaired) electrons. The molecule has 0 fully saturated rings. The van der Waals surface area contributed by atoms with Crippen LogP contribution in [0.25, 0.3) is 0 Å². The zero-order valence-corrected chi connectivity index (χ0v) is 12.1. The third-order valence-electron chi connectivity index (χ3n) is 4.02. The fraction of sp³-hybridized carbons (Fsp3) is 0.375. The van der Waals surface area contributed by atoms with Crippen LogP contribution in [-0.4, -0.2) is 11.4 Å². The van der Waals surface area contributed by atoms with E-state index in [4.69, 9.17) is 5.73 Å². The lowest BCUT2D eigenvalue weighted by Gasteiger charge is -2.28. The molecular weight excluding hydrogens is 252 g/mol. The summed E-state index contributed by atoms with van der Waals surface area (Å²) in [6.07, 6.45) is 1.04. The van der Waals surface area contributed by atoms with Crippen LogP contribution in [0.3, 0.4) is 0 Å². The molecule has 3 heteroatoms. The highest BCUT2D eigenvalue weighted by molar-refractivity contribution is 7.09. The lowest BCUT2D eigenvalue weighted by atomic mass is 10.1. The van der Waals surface area contributed by atoms with Gasteiger partial charge < -0.3 is 5.73 Å². The first-order valence-corrected chi connectivity index (χ1v) is 7.78. The second kappa shape index (κ2) is 5.45. The average Bonchev–Trinajstić information content (AvgIpc) is 3.05. The van der Waals surface area contributed by atoms with E-state index in [1.54, 1.807) is 0 Å². The summed E-state index contributed by atoms with van der Waals surface area (Å²) in [5.74, 6) is 0. The number of nitrogens with zero attached hydrogens (tertiary/aromatic N) is 1. The second-order valence-corrected chi connectivity index (χ2v) is 6.16. The van der Waals surface area contributed by atoms with Crippen molar-refractivity contribution < 1.29 is 0 Å². The first-order valence-electron chi connectivity index (χ1n) is 6.90. The molecule has 0 saturated heterocycles. The highest BCUT2D eigenvalue weighted by Crippen LogP contribution is 2.41. The smallest absolute Gasteiger partial charge is 0.0373 e. The highest BCUT2D eigenvalue weighted by Gasteiger charge is 2.31. The van der Waals surface area contributed by atoms with Gasteiger partial charge in [0.15, 0.2) is 0 Å². The number of benzene rings is 1. The van der Waals surface area contributed by atoms with Gasteiger partial charge in [0, 0.05) is 23.5 Å². The van der Waals surface area contributed by atoms with Crippen molar-refractivity contribution in [2.45, 2.75) is 32.0 Å². The summed E-state index contributed by atoms with van der Waals surface area (Å²) in [6, 6.07) is 13.6. The first-order chi connectivity index (χ1) is 9.29. The Balaban J connectivity index is 1.85. The maximum absolute atomic E-state index is 6.28. The van der Waals surface area contributed by atoms with Crippen LogP contribution in [-0.2, 0) is 6.54 Å². The Morgan fingerprint density at radius 2 is 2.00 bits per heavy atom. The third-order valence-corrected chi connectivity index (χ3v) is 4.88. The summed E-state index contributed by atoms with van der Waals surface area (Å²) in [5, 5.41) is 2.15. The fourth-order valence-corrected chi connectivity index (χ4v) is 3.77. The van der Waals surface area contributed by atoms with Gasteiger partial charge in [0.25, 0.3) is 0 Å². The summed E-state index contributed by atoms with van der Waals surface area (Å²) < 4.78 is 0. The molecule has 19 heavy (non-hydrogen) atoms. The van der Waals surface area contributed by atoms with Crippen LogP contribution in [0.1, 0.15) is 41.4 Å². The highest BCUT2D eigenvalue weighted by atomic mass is 32.1. The minimum absolute atomic E-state index is 0.193. The van der Waals surface area contributed by atoms with Crippen LogP contribution in [0.2, 0.25) is 0 Å². The van der Waals surface area contributed by atoms with Crippen LogP contribution >= 0.6 is 11.3 Å². The quantitative estimate of drug-likeness (QED) is 0.919. The van der Waals surface area contributed by atoms with Crippen molar-refractivity contribution in [3.05, 3.63) is 57.8 Å². The second-order valence-electron chi connectivity index (χ2n) is 5.13. The van der Waals surface area contributed by atoms with E-state index >= 15 is 0 Å². The van der Waals surface area contributed by atoms with E-state index in [1.807, 2.05) is 11.3 Å². The van der Waals surface area contributed by atoms with Crippen LogP contribution in [0.15, 0.2) is 41.8 Å². The number of hydrogen-bond acceptors (Lipinski definition) is 3. The zero-order chi connectivity index (χ0) is 13.2. The van der Waals surface area contributed by atoms with E-state index in [2.05, 4.69) is 53.6 Å². The van der Waals surface area contributed by atoms with Crippen LogP contribution in [0, 0.1) is 0 Å². The van der Waals surface area contributed by atoms with Gasteiger partial charge >= 0.3 is 0 Å². The van der Waals surface area contributed by atoms with Crippen molar-refractivity contribution in [1.29, 1.82) is 0 Å². The fourth-order valence-electron chi connectivity index (χ4n) is 3.04. The number of thiophene rings is 1. The van der Waals surface area contributed by atoms with Crippen molar-refractivity contribution in [2.75, 3.05) is 6.54 Å². The van der Waals surface area contributed by atoms with E-state index in [0.29, 0.717) is 6.04 Å². The minimum Gasteiger partial charge on any atom is -0.324 e. The van der Waals surface area contributed by atoms with Crippen LogP contribution in [0.4, 0.5) is 0 Å². The van der Waals surface area contributed by atoms with E-state index in [-0.39, 0.29) is 6.04 Å². The molecule has 0 spiro atoms. The Kier molecular flexibility index (Phi) is 3.69. The lowest BCUT2D eigenvalue weighted by molar-refractivity contribution is 0.195. The molecular formula is C16H20N2S. The van der Waals surface area contributed by atoms with Crippen molar-refractivity contribution in [1.82, 2.24) is 4.90 Å². The third kappa shape index (κ3) is 2.46. The molecule has 3 rings (SSSR count). The molecule has 1 aliphatic rings. The molecule has 0 bridgehead atoms. The molecule has 0 amide bonds. The van der Waals surface area contributed by atoms with E-state index < -0.39 is 0 Å². The van der Waals surface area contributed by atoms with E-state index in [0.717, 1.165) is 19.5 Å². The average molecular weight is 272 g/mol. The van der Waals surface area contributed by atoms with Gasteiger partial charge in [-0.05, 0) is 35.5 Å². The summed E-state index contributed by atoms with van der Waals surface area (Å²) >= 11 is 1.83. The zero-order valence-electron chi connectivity index (χ0n) is 11.3. The largest absolute Gasteiger partial charge is 0.324 e. The standard InChI is InChI=1S/C16H20N2S/c1-2-18(11-12-6-5-9-19-12)16-10-15(17)13-7-3-4-8-14(13)16/h3-9,15-16H,2,10-11,17H2,1H3. The van der Waals surface area contributed by atoms with Gasteiger partial charge in [-0.2, -0.15) is 0 Å². The number of fused-ring (bicyclic) bond motifs is 1. The number of rotatable bonds is 4. The Morgan fingerprint density at radius 1 is 1.21 bits per heavy atom. The molecule has 1 aromatic carbocycles. The Hall–Kier alpha value is -1.16. The number of hydrogen-bond donors (Lipinski definition) is 1. The van der Waals surface area contributed by atoms with Gasteiger partial charge in [0.05, 0.1) is 0 Å². The molecule has 1 aliphatic carbocycles. The molecule has 2 atom stereocenters. The SMILES string of the molecule is CCN(Cc1cccs1)C1CC(N)c2ccccc21. The summed E-state index contributed by atoms with van der Waals surface area (Å²) in [7, 11) is 0. The lowest BCUT2D eigenvalue weighted by Crippen LogP contribution is -2.27. The Bertz CT molecular complexity index is 535. The van der Waals surface area contributed by atoms with Gasteiger partial charge in [-0.15, -0.1) is 11.3 Å². The normalized spacial score (nSPS) is 21.8. The van der Waals surface area contributed by atoms with Crippen molar-refractivity contribution in [3.8, 4) is 0 Å². The molecule has 2 N–H and O–H groups in total. The molecule has 0 aliphatic heterocycles.